The van der Waals surface area contributed by atoms with E-state index in [1.165, 1.54) is 0 Å². The number of hydrogen-bond acceptors (Lipinski definition) is 4. The molecule has 1 aliphatic heterocycles. The number of hydrogen-bond donors (Lipinski definition) is 1. The monoisotopic (exact) mass is 345 g/mol. The number of para-hydroxylation sites is 1. The molecular formula is C17H23N5OS. The highest BCUT2D eigenvalue weighted by atomic mass is 32.2. The second-order valence-corrected chi connectivity index (χ2v) is 7.26. The lowest BCUT2D eigenvalue weighted by Crippen LogP contribution is -2.46. The minimum Gasteiger partial charge on any atom is -0.330 e. The van der Waals surface area contributed by atoms with Crippen LogP contribution in [0.25, 0.3) is 5.69 Å². The van der Waals surface area contributed by atoms with E-state index in [-0.39, 0.29) is 18.1 Å². The highest BCUT2D eigenvalue weighted by Gasteiger charge is 2.24. The average molecular weight is 345 g/mol. The molecule has 2 aromatic rings. The molecule has 24 heavy (non-hydrogen) atoms. The Bertz CT molecular complexity index is 675. The predicted octanol–water partition coefficient (Wildman–Crippen LogP) is 2.87. The molecule has 2 atom stereocenters. The summed E-state index contributed by atoms with van der Waals surface area (Å²) in [6.45, 7) is 4.84. The summed E-state index contributed by atoms with van der Waals surface area (Å²) < 4.78 is 1.73. The molecule has 7 heteroatoms. The lowest BCUT2D eigenvalue weighted by Gasteiger charge is -2.28. The van der Waals surface area contributed by atoms with Crippen molar-refractivity contribution in [3.63, 3.8) is 0 Å². The van der Waals surface area contributed by atoms with E-state index in [1.807, 2.05) is 60.1 Å². The van der Waals surface area contributed by atoms with Gasteiger partial charge in [-0.1, -0.05) is 23.4 Å². The van der Waals surface area contributed by atoms with Gasteiger partial charge in [-0.05, 0) is 38.2 Å². The van der Waals surface area contributed by atoms with Crippen molar-refractivity contribution in [3.05, 3.63) is 42.2 Å². The highest BCUT2D eigenvalue weighted by molar-refractivity contribution is 7.99. The molecule has 0 bridgehead atoms. The molecule has 1 fully saturated rings. The Labute approximate surface area is 146 Å². The molecule has 1 aliphatic rings. The van der Waals surface area contributed by atoms with Gasteiger partial charge in [-0.15, -0.1) is 5.10 Å². The van der Waals surface area contributed by atoms with Crippen LogP contribution in [-0.2, 0) is 0 Å². The quantitative estimate of drug-likeness (QED) is 0.929. The number of aromatic nitrogens is 3. The highest BCUT2D eigenvalue weighted by Crippen LogP contribution is 2.17. The van der Waals surface area contributed by atoms with Crippen molar-refractivity contribution >= 4 is 17.8 Å². The number of urea groups is 1. The van der Waals surface area contributed by atoms with Crippen LogP contribution in [0.3, 0.4) is 0 Å². The van der Waals surface area contributed by atoms with Crippen LogP contribution in [0.1, 0.15) is 32.0 Å². The summed E-state index contributed by atoms with van der Waals surface area (Å²) in [5.41, 5.74) is 1.71. The lowest BCUT2D eigenvalue weighted by atomic mass is 10.2. The van der Waals surface area contributed by atoms with Crippen LogP contribution < -0.4 is 5.32 Å². The fraction of sp³-hybridized carbons (Fsp3) is 0.471. The van der Waals surface area contributed by atoms with Gasteiger partial charge in [0.2, 0.25) is 0 Å². The van der Waals surface area contributed by atoms with Crippen molar-refractivity contribution in [2.75, 3.05) is 18.1 Å². The minimum absolute atomic E-state index is 0.0215. The van der Waals surface area contributed by atoms with Gasteiger partial charge in [-0.3, -0.25) is 0 Å². The van der Waals surface area contributed by atoms with Crippen molar-refractivity contribution < 1.29 is 4.79 Å². The standard InChI is InChI=1S/C17H23N5OS/c1-13-8-10-24-11-9-21(13)17(23)18-14(2)16-12-22(20-19-16)15-6-4-3-5-7-15/h3-7,12-14H,8-11H2,1-2H3,(H,18,23)/t13-,14+/m1/s1. The molecule has 128 valence electrons. The zero-order valence-corrected chi connectivity index (χ0v) is 14.9. The van der Waals surface area contributed by atoms with Crippen LogP contribution in [0.4, 0.5) is 4.79 Å². The molecule has 2 amide bonds. The van der Waals surface area contributed by atoms with Gasteiger partial charge in [-0.25, -0.2) is 9.48 Å². The fourth-order valence-electron chi connectivity index (χ4n) is 2.72. The Morgan fingerprint density at radius 2 is 2.12 bits per heavy atom. The Morgan fingerprint density at radius 1 is 1.33 bits per heavy atom. The molecule has 0 radical (unpaired) electrons. The number of nitrogens with one attached hydrogen (secondary N) is 1. The average Bonchev–Trinajstić information content (AvgIpc) is 2.99. The van der Waals surface area contributed by atoms with Crippen LogP contribution in [0, 0.1) is 0 Å². The van der Waals surface area contributed by atoms with Gasteiger partial charge in [0.05, 0.1) is 17.9 Å². The maximum atomic E-state index is 12.6. The normalized spacial score (nSPS) is 19.6. The second kappa shape index (κ2) is 7.70. The van der Waals surface area contributed by atoms with Gasteiger partial charge in [0, 0.05) is 18.3 Å². The van der Waals surface area contributed by atoms with Crippen molar-refractivity contribution in [3.8, 4) is 5.69 Å². The summed E-state index contributed by atoms with van der Waals surface area (Å²) >= 11 is 1.91. The summed E-state index contributed by atoms with van der Waals surface area (Å²) in [5.74, 6) is 2.11. The lowest BCUT2D eigenvalue weighted by molar-refractivity contribution is 0.179. The molecule has 1 saturated heterocycles. The third kappa shape index (κ3) is 3.90. The Hall–Kier alpha value is -2.02. The van der Waals surface area contributed by atoms with Gasteiger partial charge in [0.25, 0.3) is 0 Å². The molecule has 0 unspecified atom stereocenters. The van der Waals surface area contributed by atoms with E-state index in [0.717, 1.165) is 35.9 Å². The van der Waals surface area contributed by atoms with Gasteiger partial charge in [0.15, 0.2) is 0 Å². The van der Waals surface area contributed by atoms with Gasteiger partial charge < -0.3 is 10.2 Å². The number of amides is 2. The van der Waals surface area contributed by atoms with E-state index in [9.17, 15) is 4.79 Å². The summed E-state index contributed by atoms with van der Waals surface area (Å²) in [5, 5.41) is 11.4. The van der Waals surface area contributed by atoms with E-state index in [1.54, 1.807) is 4.68 Å². The molecule has 0 aliphatic carbocycles. The van der Waals surface area contributed by atoms with E-state index in [0.29, 0.717) is 0 Å². The number of carbonyl (C=O) groups is 1. The zero-order valence-electron chi connectivity index (χ0n) is 14.1. The van der Waals surface area contributed by atoms with Crippen LogP contribution >= 0.6 is 11.8 Å². The van der Waals surface area contributed by atoms with Gasteiger partial charge >= 0.3 is 6.03 Å². The number of nitrogens with zero attached hydrogens (tertiary/aromatic N) is 4. The number of carbonyl (C=O) groups excluding carboxylic acids is 1. The maximum Gasteiger partial charge on any atom is 0.318 e. The van der Waals surface area contributed by atoms with Crippen LogP contribution in [0.5, 0.6) is 0 Å². The predicted molar refractivity (Wildman–Crippen MR) is 96.4 cm³/mol. The first-order valence-corrected chi connectivity index (χ1v) is 9.43. The first-order chi connectivity index (χ1) is 11.6. The van der Waals surface area contributed by atoms with E-state index >= 15 is 0 Å². The molecule has 6 nitrogen and oxygen atoms in total. The van der Waals surface area contributed by atoms with Gasteiger partial charge in [-0.2, -0.15) is 11.8 Å². The summed E-state index contributed by atoms with van der Waals surface area (Å²) in [6.07, 6.45) is 2.90. The molecule has 0 spiro atoms. The molecule has 1 N–H and O–H groups in total. The first kappa shape index (κ1) is 16.8. The second-order valence-electron chi connectivity index (χ2n) is 6.04. The van der Waals surface area contributed by atoms with Crippen molar-refractivity contribution in [2.24, 2.45) is 0 Å². The summed E-state index contributed by atoms with van der Waals surface area (Å²) in [4.78, 5) is 14.5. The molecule has 3 rings (SSSR count). The molecule has 0 saturated carbocycles. The summed E-state index contributed by atoms with van der Waals surface area (Å²) in [6, 6.07) is 9.89. The number of rotatable bonds is 3. The Morgan fingerprint density at radius 3 is 2.92 bits per heavy atom. The largest absolute Gasteiger partial charge is 0.330 e. The van der Waals surface area contributed by atoms with E-state index < -0.39 is 0 Å². The van der Waals surface area contributed by atoms with Crippen LogP contribution in [0.15, 0.2) is 36.5 Å². The van der Waals surface area contributed by atoms with Crippen molar-refractivity contribution in [2.45, 2.75) is 32.4 Å². The molecular weight excluding hydrogens is 322 g/mol. The molecule has 1 aromatic heterocycles. The topological polar surface area (TPSA) is 63.1 Å². The third-order valence-corrected chi connectivity index (χ3v) is 5.26. The maximum absolute atomic E-state index is 12.6. The van der Waals surface area contributed by atoms with Crippen LogP contribution in [-0.4, -0.2) is 50.0 Å². The van der Waals surface area contributed by atoms with Gasteiger partial charge in [0.1, 0.15) is 5.69 Å². The minimum atomic E-state index is -0.182. The van der Waals surface area contributed by atoms with E-state index in [4.69, 9.17) is 0 Å². The van der Waals surface area contributed by atoms with Crippen molar-refractivity contribution in [1.82, 2.24) is 25.2 Å². The molecule has 1 aromatic carbocycles. The third-order valence-electron chi connectivity index (χ3n) is 4.26. The van der Waals surface area contributed by atoms with E-state index in [2.05, 4.69) is 22.6 Å². The zero-order chi connectivity index (χ0) is 16.9. The Balaban J connectivity index is 1.65. The number of thioether (sulfide) groups is 1. The smallest absolute Gasteiger partial charge is 0.318 e. The van der Waals surface area contributed by atoms with Crippen molar-refractivity contribution in [1.29, 1.82) is 0 Å². The fourth-order valence-corrected chi connectivity index (χ4v) is 3.76. The first-order valence-electron chi connectivity index (χ1n) is 8.27. The molecule has 2 heterocycles. The summed E-state index contributed by atoms with van der Waals surface area (Å²) in [7, 11) is 0. The SMILES string of the molecule is C[C@H](NC(=O)N1CCSCC[C@H]1C)c1cn(-c2ccccc2)nn1. The Kier molecular flexibility index (Phi) is 5.40. The number of benzene rings is 1. The van der Waals surface area contributed by atoms with Crippen LogP contribution in [0.2, 0.25) is 0 Å².